The molecule has 0 aromatic heterocycles. The number of ether oxygens (including phenoxy) is 1. The largest absolute Gasteiger partial charge is 0.480 e. The molecule has 3 aromatic carbocycles. The molecule has 1 aliphatic heterocycles. The Morgan fingerprint density at radius 3 is 2.48 bits per heavy atom. The van der Waals surface area contributed by atoms with E-state index in [4.69, 9.17) is 16.3 Å². The summed E-state index contributed by atoms with van der Waals surface area (Å²) in [4.78, 5) is 49.5. The third-order valence-corrected chi connectivity index (χ3v) is 9.25. The van der Waals surface area contributed by atoms with Crippen LogP contribution in [0.25, 0.3) is 0 Å². The number of hydrogen-bond acceptors (Lipinski definition) is 9. The van der Waals surface area contributed by atoms with Crippen LogP contribution >= 0.6 is 11.6 Å². The van der Waals surface area contributed by atoms with Crippen molar-refractivity contribution in [1.82, 2.24) is 15.4 Å². The summed E-state index contributed by atoms with van der Waals surface area (Å²) in [6, 6.07) is 15.5. The summed E-state index contributed by atoms with van der Waals surface area (Å²) in [7, 11) is -4.53. The zero-order chi connectivity index (χ0) is 33.4. The Hall–Kier alpha value is -4.30. The topological polar surface area (TPSA) is 180 Å². The number of anilines is 1. The van der Waals surface area contributed by atoms with Gasteiger partial charge in [0.2, 0.25) is 0 Å². The molecule has 0 fully saturated rings. The normalized spacial score (nSPS) is 15.6. The second kappa shape index (κ2) is 15.3. The number of carboxylic acids is 1. The number of carbonyl (C=O) groups is 4. The van der Waals surface area contributed by atoms with Crippen LogP contribution in [0.1, 0.15) is 47.3 Å². The van der Waals surface area contributed by atoms with Gasteiger partial charge in [-0.15, -0.1) is 0 Å². The maximum absolute atomic E-state index is 13.3. The van der Waals surface area contributed by atoms with Crippen molar-refractivity contribution in [2.24, 2.45) is 0 Å². The number of carboxylic acid groups (broad SMARTS) is 1. The van der Waals surface area contributed by atoms with Crippen LogP contribution in [-0.4, -0.2) is 62.0 Å². The summed E-state index contributed by atoms with van der Waals surface area (Å²) in [6.07, 6.45) is 1.12. The molecular formula is C32H35ClN4O8S. The SMILES string of the molecule is CCOC(=O)[C@H](CCc1ccccc1)NC(C)C(=O)NS(=O)(=O)c1cc(C(=O)Nc2ccc3c(c2)CN[C@H](C(=O)O)C3)ccc1Cl. The number of benzene rings is 3. The lowest BCUT2D eigenvalue weighted by atomic mass is 9.95. The Labute approximate surface area is 271 Å². The predicted octanol–water partition coefficient (Wildman–Crippen LogP) is 3.04. The average molecular weight is 671 g/mol. The molecule has 0 saturated heterocycles. The van der Waals surface area contributed by atoms with E-state index in [0.717, 1.165) is 22.8 Å². The van der Waals surface area contributed by atoms with Crippen LogP contribution in [0, 0.1) is 0 Å². The van der Waals surface area contributed by atoms with E-state index in [-0.39, 0.29) is 17.2 Å². The molecule has 1 heterocycles. The van der Waals surface area contributed by atoms with Gasteiger partial charge in [-0.2, -0.15) is 0 Å². The Morgan fingerprint density at radius 2 is 1.78 bits per heavy atom. The zero-order valence-electron chi connectivity index (χ0n) is 25.2. The fraction of sp³-hybridized carbons (Fsp3) is 0.312. The van der Waals surface area contributed by atoms with Crippen LogP contribution in [0.3, 0.4) is 0 Å². The maximum atomic E-state index is 13.3. The molecule has 0 radical (unpaired) electrons. The van der Waals surface area contributed by atoms with Gasteiger partial charge in [0.1, 0.15) is 17.0 Å². The first kappa shape index (κ1) is 34.6. The van der Waals surface area contributed by atoms with Crippen LogP contribution in [0.15, 0.2) is 71.6 Å². The molecule has 1 aliphatic rings. The number of halogens is 1. The van der Waals surface area contributed by atoms with E-state index in [9.17, 15) is 32.7 Å². The molecule has 244 valence electrons. The Kier molecular flexibility index (Phi) is 11.5. The fourth-order valence-electron chi connectivity index (χ4n) is 4.94. The van der Waals surface area contributed by atoms with Gasteiger partial charge in [0.25, 0.3) is 21.8 Å². The zero-order valence-corrected chi connectivity index (χ0v) is 26.8. The smallest absolute Gasteiger partial charge is 0.323 e. The molecule has 0 bridgehead atoms. The number of hydrogen-bond donors (Lipinski definition) is 5. The highest BCUT2D eigenvalue weighted by Gasteiger charge is 2.29. The number of nitrogens with one attached hydrogen (secondary N) is 4. The van der Waals surface area contributed by atoms with Gasteiger partial charge in [-0.05, 0) is 80.1 Å². The maximum Gasteiger partial charge on any atom is 0.323 e. The van der Waals surface area contributed by atoms with Crippen molar-refractivity contribution >= 4 is 51.1 Å². The van der Waals surface area contributed by atoms with Gasteiger partial charge in [-0.25, -0.2) is 13.1 Å². The van der Waals surface area contributed by atoms with Crippen molar-refractivity contribution < 1.29 is 37.4 Å². The Bertz CT molecular complexity index is 1720. The lowest BCUT2D eigenvalue weighted by Crippen LogP contribution is -2.51. The molecule has 12 nitrogen and oxygen atoms in total. The van der Waals surface area contributed by atoms with Crippen LogP contribution in [0.5, 0.6) is 0 Å². The fourth-order valence-corrected chi connectivity index (χ4v) is 6.52. The molecule has 2 amide bonds. The summed E-state index contributed by atoms with van der Waals surface area (Å²) < 4.78 is 33.6. The Morgan fingerprint density at radius 1 is 1.04 bits per heavy atom. The molecule has 14 heteroatoms. The lowest BCUT2D eigenvalue weighted by molar-refractivity contribution is -0.146. The summed E-state index contributed by atoms with van der Waals surface area (Å²) in [5.74, 6) is -3.08. The van der Waals surface area contributed by atoms with Crippen LogP contribution in [-0.2, 0) is 48.5 Å². The van der Waals surface area contributed by atoms with Crippen molar-refractivity contribution in [1.29, 1.82) is 0 Å². The second-order valence-corrected chi connectivity index (χ2v) is 12.8. The van der Waals surface area contributed by atoms with E-state index in [1.807, 2.05) is 35.1 Å². The van der Waals surface area contributed by atoms with Gasteiger partial charge in [0, 0.05) is 17.8 Å². The average Bonchev–Trinajstić information content (AvgIpc) is 3.03. The van der Waals surface area contributed by atoms with E-state index in [1.54, 1.807) is 25.1 Å². The van der Waals surface area contributed by atoms with E-state index in [2.05, 4.69) is 16.0 Å². The summed E-state index contributed by atoms with van der Waals surface area (Å²) >= 11 is 6.19. The summed E-state index contributed by atoms with van der Waals surface area (Å²) in [6.45, 7) is 3.52. The minimum absolute atomic E-state index is 0.0338. The number of fused-ring (bicyclic) bond motifs is 1. The monoisotopic (exact) mass is 670 g/mol. The van der Waals surface area contributed by atoms with Gasteiger partial charge < -0.3 is 20.5 Å². The van der Waals surface area contributed by atoms with Crippen LogP contribution < -0.4 is 20.7 Å². The quantitative estimate of drug-likeness (QED) is 0.170. The molecule has 0 saturated carbocycles. The highest BCUT2D eigenvalue weighted by Crippen LogP contribution is 2.25. The van der Waals surface area contributed by atoms with Crippen molar-refractivity contribution in [3.8, 4) is 0 Å². The van der Waals surface area contributed by atoms with Crippen molar-refractivity contribution in [2.75, 3.05) is 11.9 Å². The van der Waals surface area contributed by atoms with E-state index >= 15 is 0 Å². The number of aryl methyl sites for hydroxylation is 1. The third kappa shape index (κ3) is 8.91. The first-order valence-corrected chi connectivity index (χ1v) is 16.5. The molecule has 46 heavy (non-hydrogen) atoms. The van der Waals surface area contributed by atoms with E-state index in [0.29, 0.717) is 31.5 Å². The highest BCUT2D eigenvalue weighted by molar-refractivity contribution is 7.90. The lowest BCUT2D eigenvalue weighted by Gasteiger charge is -2.23. The Balaban J connectivity index is 1.43. The van der Waals surface area contributed by atoms with Crippen molar-refractivity contribution in [2.45, 2.75) is 62.7 Å². The number of carbonyl (C=O) groups excluding carboxylic acids is 3. The number of aliphatic carboxylic acids is 1. The molecule has 0 aliphatic carbocycles. The van der Waals surface area contributed by atoms with Gasteiger partial charge >= 0.3 is 11.9 Å². The molecule has 1 unspecified atom stereocenters. The van der Waals surface area contributed by atoms with E-state index < -0.39 is 56.8 Å². The first-order chi connectivity index (χ1) is 21.9. The highest BCUT2D eigenvalue weighted by atomic mass is 35.5. The minimum Gasteiger partial charge on any atom is -0.480 e. The molecule has 0 spiro atoms. The molecule has 5 N–H and O–H groups in total. The second-order valence-electron chi connectivity index (χ2n) is 10.7. The number of sulfonamides is 1. The van der Waals surface area contributed by atoms with Gasteiger partial charge in [0.15, 0.2) is 0 Å². The number of rotatable bonds is 13. The van der Waals surface area contributed by atoms with Gasteiger partial charge in [-0.1, -0.05) is 48.0 Å². The molecule has 3 atom stereocenters. The molecular weight excluding hydrogens is 636 g/mol. The number of amides is 2. The van der Waals surface area contributed by atoms with Gasteiger partial charge in [0.05, 0.1) is 17.7 Å². The summed E-state index contributed by atoms with van der Waals surface area (Å²) in [5.41, 5.74) is 3.04. The minimum atomic E-state index is -4.53. The molecule has 3 aromatic rings. The molecule has 4 rings (SSSR count). The van der Waals surface area contributed by atoms with Crippen molar-refractivity contribution in [3.63, 3.8) is 0 Å². The first-order valence-electron chi connectivity index (χ1n) is 14.6. The summed E-state index contributed by atoms with van der Waals surface area (Å²) in [5, 5.41) is 17.5. The number of esters is 1. The van der Waals surface area contributed by atoms with Gasteiger partial charge in [-0.3, -0.25) is 24.5 Å². The van der Waals surface area contributed by atoms with Crippen molar-refractivity contribution in [3.05, 3.63) is 94.0 Å². The van der Waals surface area contributed by atoms with Crippen LogP contribution in [0.4, 0.5) is 5.69 Å². The third-order valence-electron chi connectivity index (χ3n) is 7.42. The predicted molar refractivity (Wildman–Crippen MR) is 171 cm³/mol. The van der Waals surface area contributed by atoms with Crippen LogP contribution in [0.2, 0.25) is 5.02 Å². The standard InChI is InChI=1S/C32H35ClN4O8S/c1-3-45-32(42)26(14-9-20-7-5-4-6-8-20)35-19(2)29(38)37-46(43,44)28-17-22(11-13-25(28)33)30(39)36-24-12-10-21-16-27(31(40)41)34-18-23(21)15-24/h4-8,10-13,15,17,19,26-27,34-35H,3,9,14,16,18H2,1-2H3,(H,36,39)(H,37,38)(H,40,41)/t19?,26-,27-/m0/s1. The van der Waals surface area contributed by atoms with E-state index in [1.165, 1.54) is 19.1 Å².